The minimum Gasteiger partial charge on any atom is -0.374 e. The highest BCUT2D eigenvalue weighted by atomic mass is 16.5. The Hall–Kier alpha value is -1.88. The van der Waals surface area contributed by atoms with E-state index in [0.29, 0.717) is 12.7 Å². The van der Waals surface area contributed by atoms with E-state index in [1.807, 2.05) is 24.3 Å². The molecule has 0 aliphatic heterocycles. The van der Waals surface area contributed by atoms with Gasteiger partial charge in [0.1, 0.15) is 0 Å². The molecule has 0 bridgehead atoms. The normalized spacial score (nSPS) is 16.0. The molecule has 2 rings (SSSR count). The first-order valence-corrected chi connectivity index (χ1v) is 6.56. The Labute approximate surface area is 113 Å². The van der Waals surface area contributed by atoms with Crippen LogP contribution in [0, 0.1) is 0 Å². The molecule has 0 spiro atoms. The maximum Gasteiger partial charge on any atom is 0.211 e. The van der Waals surface area contributed by atoms with Gasteiger partial charge in [-0.2, -0.15) is 5.10 Å². The van der Waals surface area contributed by atoms with Gasteiger partial charge in [-0.25, -0.2) is 0 Å². The van der Waals surface area contributed by atoms with Crippen LogP contribution >= 0.6 is 0 Å². The SMILES string of the molecule is NC(N)=NN=Cc1ccc(COC2CCCC2)cc1. The zero-order valence-corrected chi connectivity index (χ0v) is 11.0. The predicted octanol–water partition coefficient (Wildman–Crippen LogP) is 1.75. The monoisotopic (exact) mass is 260 g/mol. The van der Waals surface area contributed by atoms with Crippen molar-refractivity contribution in [3.8, 4) is 0 Å². The lowest BCUT2D eigenvalue weighted by Crippen LogP contribution is -2.21. The summed E-state index contributed by atoms with van der Waals surface area (Å²) in [6.45, 7) is 0.677. The van der Waals surface area contributed by atoms with Gasteiger partial charge in [0.15, 0.2) is 0 Å². The molecule has 1 aromatic carbocycles. The lowest BCUT2D eigenvalue weighted by molar-refractivity contribution is 0.0457. The summed E-state index contributed by atoms with van der Waals surface area (Å²) in [7, 11) is 0. The van der Waals surface area contributed by atoms with Gasteiger partial charge in [0.2, 0.25) is 5.96 Å². The molecule has 1 aromatic rings. The van der Waals surface area contributed by atoms with E-state index in [-0.39, 0.29) is 5.96 Å². The van der Waals surface area contributed by atoms with Crippen LogP contribution in [-0.4, -0.2) is 18.3 Å². The highest BCUT2D eigenvalue weighted by Gasteiger charge is 2.14. The topological polar surface area (TPSA) is 86.0 Å². The fourth-order valence-electron chi connectivity index (χ4n) is 2.13. The highest BCUT2D eigenvalue weighted by molar-refractivity contribution is 5.81. The molecule has 4 N–H and O–H groups in total. The lowest BCUT2D eigenvalue weighted by Gasteiger charge is -2.10. The fourth-order valence-corrected chi connectivity index (χ4v) is 2.13. The molecule has 0 saturated heterocycles. The highest BCUT2D eigenvalue weighted by Crippen LogP contribution is 2.22. The van der Waals surface area contributed by atoms with Gasteiger partial charge in [0, 0.05) is 0 Å². The van der Waals surface area contributed by atoms with Crippen molar-refractivity contribution < 1.29 is 4.74 Å². The molecular weight excluding hydrogens is 240 g/mol. The average molecular weight is 260 g/mol. The van der Waals surface area contributed by atoms with E-state index in [1.54, 1.807) is 6.21 Å². The quantitative estimate of drug-likeness (QED) is 0.480. The third-order valence-corrected chi connectivity index (χ3v) is 3.15. The molecule has 0 unspecified atom stereocenters. The smallest absolute Gasteiger partial charge is 0.211 e. The number of ether oxygens (including phenoxy) is 1. The van der Waals surface area contributed by atoms with E-state index < -0.39 is 0 Å². The molecule has 0 radical (unpaired) electrons. The molecule has 1 aliphatic carbocycles. The molecule has 1 aliphatic rings. The lowest BCUT2D eigenvalue weighted by atomic mass is 10.1. The predicted molar refractivity (Wildman–Crippen MR) is 76.9 cm³/mol. The van der Waals surface area contributed by atoms with Crippen LogP contribution in [0.25, 0.3) is 0 Å². The molecule has 19 heavy (non-hydrogen) atoms. The second kappa shape index (κ2) is 6.89. The maximum absolute atomic E-state index is 5.85. The summed E-state index contributed by atoms with van der Waals surface area (Å²) in [6.07, 6.45) is 7.05. The van der Waals surface area contributed by atoms with Crippen molar-refractivity contribution in [3.05, 3.63) is 35.4 Å². The van der Waals surface area contributed by atoms with Crippen LogP contribution in [0.4, 0.5) is 0 Å². The van der Waals surface area contributed by atoms with E-state index >= 15 is 0 Å². The van der Waals surface area contributed by atoms with Gasteiger partial charge < -0.3 is 16.2 Å². The van der Waals surface area contributed by atoms with E-state index in [1.165, 1.54) is 31.2 Å². The molecule has 0 heterocycles. The van der Waals surface area contributed by atoms with Crippen molar-refractivity contribution in [3.63, 3.8) is 0 Å². The summed E-state index contributed by atoms with van der Waals surface area (Å²) in [4.78, 5) is 0. The average Bonchev–Trinajstić information content (AvgIpc) is 2.90. The number of nitrogens with zero attached hydrogens (tertiary/aromatic N) is 2. The van der Waals surface area contributed by atoms with Crippen LogP contribution < -0.4 is 11.5 Å². The zero-order chi connectivity index (χ0) is 13.5. The summed E-state index contributed by atoms with van der Waals surface area (Å²) in [6, 6.07) is 8.01. The second-order valence-corrected chi connectivity index (χ2v) is 4.73. The molecular formula is C14H20N4O. The fraction of sp³-hybridized carbons (Fsp3) is 0.429. The summed E-state index contributed by atoms with van der Waals surface area (Å²) >= 11 is 0. The molecule has 0 amide bonds. The minimum atomic E-state index is -0.0437. The Morgan fingerprint density at radius 1 is 1.21 bits per heavy atom. The van der Waals surface area contributed by atoms with Crippen molar-refractivity contribution in [1.29, 1.82) is 0 Å². The zero-order valence-electron chi connectivity index (χ0n) is 11.0. The number of rotatable bonds is 5. The van der Waals surface area contributed by atoms with Crippen molar-refractivity contribution in [2.24, 2.45) is 21.7 Å². The first kappa shape index (κ1) is 13.5. The van der Waals surface area contributed by atoms with Gasteiger partial charge in [-0.15, -0.1) is 5.10 Å². The summed E-state index contributed by atoms with van der Waals surface area (Å²) in [5.74, 6) is -0.0437. The Bertz CT molecular complexity index is 443. The maximum atomic E-state index is 5.85. The van der Waals surface area contributed by atoms with Crippen LogP contribution in [0.15, 0.2) is 34.5 Å². The van der Waals surface area contributed by atoms with Gasteiger partial charge in [0.05, 0.1) is 18.9 Å². The standard InChI is InChI=1S/C14H20N4O/c15-14(16)18-17-9-11-5-7-12(8-6-11)10-19-13-3-1-2-4-13/h5-9,13H,1-4,10H2,(H4,15,16,18). The van der Waals surface area contributed by atoms with E-state index in [0.717, 1.165) is 5.56 Å². The molecule has 0 aromatic heterocycles. The van der Waals surface area contributed by atoms with Crippen LogP contribution in [0.3, 0.4) is 0 Å². The van der Waals surface area contributed by atoms with Crippen LogP contribution in [0.2, 0.25) is 0 Å². The van der Waals surface area contributed by atoms with Crippen molar-refractivity contribution in [2.45, 2.75) is 38.4 Å². The first-order valence-electron chi connectivity index (χ1n) is 6.56. The first-order chi connectivity index (χ1) is 9.24. The minimum absolute atomic E-state index is 0.0437. The number of benzene rings is 1. The molecule has 5 nitrogen and oxygen atoms in total. The summed E-state index contributed by atoms with van der Waals surface area (Å²) in [5, 5.41) is 7.31. The summed E-state index contributed by atoms with van der Waals surface area (Å²) in [5.41, 5.74) is 12.5. The van der Waals surface area contributed by atoms with Gasteiger partial charge in [0.25, 0.3) is 0 Å². The Kier molecular flexibility index (Phi) is 4.92. The largest absolute Gasteiger partial charge is 0.374 e. The number of hydrogen-bond acceptors (Lipinski definition) is 3. The second-order valence-electron chi connectivity index (χ2n) is 4.73. The van der Waals surface area contributed by atoms with E-state index in [4.69, 9.17) is 16.2 Å². The van der Waals surface area contributed by atoms with E-state index in [9.17, 15) is 0 Å². The Balaban J connectivity index is 1.83. The van der Waals surface area contributed by atoms with Crippen molar-refractivity contribution in [2.75, 3.05) is 0 Å². The Morgan fingerprint density at radius 2 is 1.89 bits per heavy atom. The third-order valence-electron chi connectivity index (χ3n) is 3.15. The van der Waals surface area contributed by atoms with Crippen LogP contribution in [0.1, 0.15) is 36.8 Å². The number of hydrogen-bond donors (Lipinski definition) is 2. The number of nitrogens with two attached hydrogens (primary N) is 2. The van der Waals surface area contributed by atoms with Crippen molar-refractivity contribution in [1.82, 2.24) is 0 Å². The van der Waals surface area contributed by atoms with Crippen molar-refractivity contribution >= 4 is 12.2 Å². The number of guanidine groups is 1. The molecule has 5 heteroatoms. The van der Waals surface area contributed by atoms with Gasteiger partial charge in [-0.1, -0.05) is 37.1 Å². The third kappa shape index (κ3) is 4.71. The van der Waals surface area contributed by atoms with E-state index in [2.05, 4.69) is 10.2 Å². The molecule has 102 valence electrons. The molecule has 1 fully saturated rings. The van der Waals surface area contributed by atoms with Gasteiger partial charge in [-0.05, 0) is 24.0 Å². The van der Waals surface area contributed by atoms with Gasteiger partial charge in [-0.3, -0.25) is 0 Å². The van der Waals surface area contributed by atoms with Crippen LogP contribution in [0.5, 0.6) is 0 Å². The Morgan fingerprint density at radius 3 is 2.53 bits per heavy atom. The molecule has 0 atom stereocenters. The van der Waals surface area contributed by atoms with Gasteiger partial charge >= 0.3 is 0 Å². The molecule has 1 saturated carbocycles. The summed E-state index contributed by atoms with van der Waals surface area (Å²) < 4.78 is 5.85. The van der Waals surface area contributed by atoms with Crippen LogP contribution in [-0.2, 0) is 11.3 Å².